The summed E-state index contributed by atoms with van der Waals surface area (Å²) in [7, 11) is 0. The number of nitrogens with one attached hydrogen (secondary N) is 1. The number of nitrogens with zero attached hydrogens (tertiary/aromatic N) is 4. The molecular weight excluding hydrogens is 314 g/mol. The van der Waals surface area contributed by atoms with Crippen molar-refractivity contribution in [1.29, 1.82) is 0 Å². The van der Waals surface area contributed by atoms with Crippen LogP contribution < -0.4 is 5.56 Å². The summed E-state index contributed by atoms with van der Waals surface area (Å²) in [5.41, 5.74) is 2.26. The minimum absolute atomic E-state index is 0.246. The van der Waals surface area contributed by atoms with Gasteiger partial charge in [-0.05, 0) is 18.9 Å². The molecule has 0 fully saturated rings. The second-order valence-corrected chi connectivity index (χ2v) is 5.86. The van der Waals surface area contributed by atoms with Crippen molar-refractivity contribution < 1.29 is 4.52 Å². The van der Waals surface area contributed by atoms with E-state index < -0.39 is 0 Å². The molecule has 0 amide bonds. The van der Waals surface area contributed by atoms with E-state index in [1.807, 2.05) is 24.3 Å². The number of aryl methyl sites for hydroxylation is 2. The van der Waals surface area contributed by atoms with Crippen molar-refractivity contribution in [3.63, 3.8) is 0 Å². The number of hydrogen-bond acceptors (Lipinski definition) is 7. The van der Waals surface area contributed by atoms with Crippen LogP contribution in [0.1, 0.15) is 24.1 Å². The largest absolute Gasteiger partial charge is 0.338 e. The number of rotatable bonds is 5. The van der Waals surface area contributed by atoms with Crippen LogP contribution in [0.4, 0.5) is 0 Å². The van der Waals surface area contributed by atoms with Crippen LogP contribution >= 0.6 is 11.8 Å². The molecule has 0 aliphatic heterocycles. The molecule has 3 rings (SSSR count). The van der Waals surface area contributed by atoms with Crippen molar-refractivity contribution in [2.24, 2.45) is 0 Å². The molecule has 7 nitrogen and oxygen atoms in total. The van der Waals surface area contributed by atoms with Crippen LogP contribution in [-0.4, -0.2) is 25.3 Å². The molecule has 0 radical (unpaired) electrons. The molecule has 118 valence electrons. The first kappa shape index (κ1) is 15.4. The highest BCUT2D eigenvalue weighted by molar-refractivity contribution is 7.98. The van der Waals surface area contributed by atoms with Crippen LogP contribution in [0, 0.1) is 6.92 Å². The number of H-pyrrole nitrogens is 1. The van der Waals surface area contributed by atoms with Crippen molar-refractivity contribution in [3.05, 3.63) is 51.8 Å². The van der Waals surface area contributed by atoms with Gasteiger partial charge in [-0.1, -0.05) is 48.1 Å². The lowest BCUT2D eigenvalue weighted by Gasteiger charge is -1.97. The lowest BCUT2D eigenvalue weighted by atomic mass is 10.1. The quantitative estimate of drug-likeness (QED) is 0.718. The van der Waals surface area contributed by atoms with Crippen LogP contribution in [-0.2, 0) is 12.2 Å². The predicted molar refractivity (Wildman–Crippen MR) is 86.1 cm³/mol. The van der Waals surface area contributed by atoms with Gasteiger partial charge in [0.2, 0.25) is 11.7 Å². The monoisotopic (exact) mass is 329 g/mol. The van der Waals surface area contributed by atoms with Gasteiger partial charge in [-0.15, -0.1) is 10.2 Å². The fourth-order valence-electron chi connectivity index (χ4n) is 1.89. The lowest BCUT2D eigenvalue weighted by Crippen LogP contribution is -2.14. The van der Waals surface area contributed by atoms with Gasteiger partial charge in [0.15, 0.2) is 5.16 Å². The Balaban J connectivity index is 1.69. The maximum atomic E-state index is 11.5. The van der Waals surface area contributed by atoms with Crippen molar-refractivity contribution in [2.75, 3.05) is 0 Å². The summed E-state index contributed by atoms with van der Waals surface area (Å²) >= 11 is 1.29. The van der Waals surface area contributed by atoms with Crippen LogP contribution in [0.2, 0.25) is 0 Å². The fourth-order valence-corrected chi connectivity index (χ4v) is 2.53. The van der Waals surface area contributed by atoms with E-state index in [1.165, 1.54) is 17.3 Å². The lowest BCUT2D eigenvalue weighted by molar-refractivity contribution is 0.391. The Morgan fingerprint density at radius 3 is 2.70 bits per heavy atom. The molecule has 2 heterocycles. The van der Waals surface area contributed by atoms with Crippen LogP contribution in [0.5, 0.6) is 0 Å². The summed E-state index contributed by atoms with van der Waals surface area (Å²) in [6.07, 6.45) is 0.990. The maximum absolute atomic E-state index is 11.5. The maximum Gasteiger partial charge on any atom is 0.273 e. The van der Waals surface area contributed by atoms with E-state index in [1.54, 1.807) is 6.92 Å². The Hall–Kier alpha value is -2.48. The second-order valence-electron chi connectivity index (χ2n) is 4.90. The Labute approximate surface area is 136 Å². The number of aromatic amines is 1. The number of aromatic nitrogens is 5. The smallest absolute Gasteiger partial charge is 0.273 e. The van der Waals surface area contributed by atoms with E-state index in [9.17, 15) is 4.79 Å². The second kappa shape index (κ2) is 6.74. The van der Waals surface area contributed by atoms with Crippen molar-refractivity contribution in [2.45, 2.75) is 31.2 Å². The van der Waals surface area contributed by atoms with E-state index in [0.717, 1.165) is 12.0 Å². The SMILES string of the molecule is CCc1ccc(-c2noc(CSc3nnc(C)c(=O)[nH]3)n2)cc1. The molecule has 0 saturated carbocycles. The average Bonchev–Trinajstić information content (AvgIpc) is 3.05. The van der Waals surface area contributed by atoms with E-state index in [4.69, 9.17) is 4.52 Å². The topological polar surface area (TPSA) is 97.6 Å². The molecule has 1 aromatic carbocycles. The highest BCUT2D eigenvalue weighted by Crippen LogP contribution is 2.20. The van der Waals surface area contributed by atoms with Gasteiger partial charge in [0.25, 0.3) is 5.56 Å². The summed E-state index contributed by atoms with van der Waals surface area (Å²) in [6, 6.07) is 8.05. The fraction of sp³-hybridized carbons (Fsp3) is 0.267. The van der Waals surface area contributed by atoms with Crippen molar-refractivity contribution in [1.82, 2.24) is 25.3 Å². The van der Waals surface area contributed by atoms with Gasteiger partial charge in [0.05, 0.1) is 5.75 Å². The highest BCUT2D eigenvalue weighted by atomic mass is 32.2. The third-order valence-corrected chi connectivity index (χ3v) is 4.11. The van der Waals surface area contributed by atoms with Crippen LogP contribution in [0.15, 0.2) is 38.7 Å². The molecular formula is C15H15N5O2S. The van der Waals surface area contributed by atoms with Gasteiger partial charge in [-0.25, -0.2) is 0 Å². The summed E-state index contributed by atoms with van der Waals surface area (Å²) in [5, 5.41) is 12.1. The molecule has 23 heavy (non-hydrogen) atoms. The van der Waals surface area contributed by atoms with Crippen molar-refractivity contribution in [3.8, 4) is 11.4 Å². The minimum atomic E-state index is -0.246. The Bertz CT molecular complexity index is 857. The van der Waals surface area contributed by atoms with Gasteiger partial charge in [0.1, 0.15) is 5.69 Å². The summed E-state index contributed by atoms with van der Waals surface area (Å²) in [6.45, 7) is 3.71. The van der Waals surface area contributed by atoms with E-state index in [2.05, 4.69) is 32.2 Å². The molecule has 0 aliphatic carbocycles. The first-order valence-corrected chi connectivity index (χ1v) is 8.12. The summed E-state index contributed by atoms with van der Waals surface area (Å²) in [4.78, 5) is 18.5. The molecule has 0 spiro atoms. The van der Waals surface area contributed by atoms with Gasteiger partial charge >= 0.3 is 0 Å². The van der Waals surface area contributed by atoms with E-state index in [0.29, 0.717) is 28.3 Å². The third-order valence-electron chi connectivity index (χ3n) is 3.26. The first-order valence-electron chi connectivity index (χ1n) is 7.14. The first-order chi connectivity index (χ1) is 11.2. The third kappa shape index (κ3) is 3.65. The molecule has 0 atom stereocenters. The predicted octanol–water partition coefficient (Wildman–Crippen LogP) is 2.38. The van der Waals surface area contributed by atoms with E-state index >= 15 is 0 Å². The number of thioether (sulfide) groups is 1. The molecule has 1 N–H and O–H groups in total. The van der Waals surface area contributed by atoms with Crippen molar-refractivity contribution >= 4 is 11.8 Å². The molecule has 2 aromatic heterocycles. The minimum Gasteiger partial charge on any atom is -0.338 e. The highest BCUT2D eigenvalue weighted by Gasteiger charge is 2.10. The molecule has 0 saturated heterocycles. The number of hydrogen-bond donors (Lipinski definition) is 1. The summed E-state index contributed by atoms with van der Waals surface area (Å²) < 4.78 is 5.23. The van der Waals surface area contributed by atoms with Gasteiger partial charge < -0.3 is 4.52 Å². The van der Waals surface area contributed by atoms with Gasteiger partial charge in [0, 0.05) is 5.56 Å². The molecule has 8 heteroatoms. The van der Waals surface area contributed by atoms with E-state index in [-0.39, 0.29) is 5.56 Å². The Morgan fingerprint density at radius 1 is 1.22 bits per heavy atom. The van der Waals surface area contributed by atoms with Crippen LogP contribution in [0.3, 0.4) is 0 Å². The normalized spacial score (nSPS) is 10.9. The molecule has 0 aliphatic rings. The number of benzene rings is 1. The Morgan fingerprint density at radius 2 is 2.00 bits per heavy atom. The molecule has 0 bridgehead atoms. The zero-order chi connectivity index (χ0) is 16.2. The average molecular weight is 329 g/mol. The van der Waals surface area contributed by atoms with Gasteiger partial charge in [-0.2, -0.15) is 4.98 Å². The summed E-state index contributed by atoms with van der Waals surface area (Å²) in [5.74, 6) is 1.42. The molecule has 3 aromatic rings. The zero-order valence-corrected chi connectivity index (χ0v) is 13.6. The molecule has 0 unspecified atom stereocenters. The standard InChI is InChI=1S/C15H15N5O2S/c1-3-10-4-6-11(7-5-10)13-16-12(22-20-13)8-23-15-17-14(21)9(2)18-19-15/h4-7H,3,8H2,1-2H3,(H,17,19,21). The van der Waals surface area contributed by atoms with Crippen LogP contribution in [0.25, 0.3) is 11.4 Å². The zero-order valence-electron chi connectivity index (χ0n) is 12.7. The van der Waals surface area contributed by atoms with Gasteiger partial charge in [-0.3, -0.25) is 9.78 Å². The Kier molecular flexibility index (Phi) is 4.52.